The van der Waals surface area contributed by atoms with Crippen LogP contribution in [0.1, 0.15) is 27.2 Å². The third-order valence-corrected chi connectivity index (χ3v) is 3.12. The van der Waals surface area contributed by atoms with Crippen molar-refractivity contribution >= 4 is 23.5 Å². The molecule has 0 radical (unpaired) electrons. The minimum absolute atomic E-state index is 0.175. The predicted molar refractivity (Wildman–Crippen MR) is 79.1 cm³/mol. The Morgan fingerprint density at radius 3 is 2.90 bits per heavy atom. The van der Waals surface area contributed by atoms with Crippen LogP contribution in [0, 0.1) is 0 Å². The molecule has 2 heterocycles. The van der Waals surface area contributed by atoms with E-state index in [0.717, 1.165) is 12.2 Å². The van der Waals surface area contributed by atoms with Crippen LogP contribution in [0.15, 0.2) is 18.2 Å². The maximum Gasteiger partial charge on any atom is 0.410 e. The lowest BCUT2D eigenvalue weighted by Crippen LogP contribution is -2.36. The first-order valence-corrected chi connectivity index (χ1v) is 7.08. The van der Waals surface area contributed by atoms with E-state index in [1.165, 1.54) is 0 Å². The van der Waals surface area contributed by atoms with Gasteiger partial charge < -0.3 is 15.0 Å². The van der Waals surface area contributed by atoms with Crippen molar-refractivity contribution in [3.63, 3.8) is 0 Å². The van der Waals surface area contributed by atoms with Crippen molar-refractivity contribution in [3.05, 3.63) is 23.4 Å². The third kappa shape index (κ3) is 4.27. The number of ether oxygens (including phenoxy) is 1. The zero-order valence-corrected chi connectivity index (χ0v) is 12.8. The highest BCUT2D eigenvalue weighted by Crippen LogP contribution is 2.18. The molecule has 1 atom stereocenters. The number of amides is 1. The molecule has 0 saturated carbocycles. The van der Waals surface area contributed by atoms with Gasteiger partial charge in [-0.3, -0.25) is 0 Å². The Hall–Kier alpha value is -1.49. The van der Waals surface area contributed by atoms with Crippen LogP contribution in [0.2, 0.25) is 5.15 Å². The average molecular weight is 298 g/mol. The molecular weight excluding hydrogens is 278 g/mol. The maximum atomic E-state index is 12.0. The summed E-state index contributed by atoms with van der Waals surface area (Å²) in [5.41, 5.74) is -0.461. The standard InChI is InChI=1S/C14H20ClN3O2/c1-14(2,3)20-13(19)18-8-7-10(9-18)16-12-6-4-5-11(15)17-12/h4-6,10H,7-9H2,1-3H3,(H,16,17). The van der Waals surface area contributed by atoms with Crippen LogP contribution < -0.4 is 5.32 Å². The fraction of sp³-hybridized carbons (Fsp3) is 0.571. The van der Waals surface area contributed by atoms with Gasteiger partial charge in [0.05, 0.1) is 0 Å². The molecule has 20 heavy (non-hydrogen) atoms. The molecule has 5 nitrogen and oxygen atoms in total. The summed E-state index contributed by atoms with van der Waals surface area (Å²) in [5, 5.41) is 3.74. The zero-order chi connectivity index (χ0) is 14.8. The van der Waals surface area contributed by atoms with Crippen LogP contribution in [0.4, 0.5) is 10.6 Å². The fourth-order valence-electron chi connectivity index (χ4n) is 2.07. The summed E-state index contributed by atoms with van der Waals surface area (Å²) in [6, 6.07) is 5.61. The highest BCUT2D eigenvalue weighted by atomic mass is 35.5. The molecule has 1 aromatic rings. The first kappa shape index (κ1) is 14.9. The topological polar surface area (TPSA) is 54.5 Å². The molecule has 1 aliphatic rings. The first-order valence-electron chi connectivity index (χ1n) is 6.70. The number of anilines is 1. The van der Waals surface area contributed by atoms with Crippen molar-refractivity contribution < 1.29 is 9.53 Å². The number of carbonyl (C=O) groups excluding carboxylic acids is 1. The molecule has 110 valence electrons. The lowest BCUT2D eigenvalue weighted by atomic mass is 10.2. The van der Waals surface area contributed by atoms with Crippen LogP contribution in [-0.2, 0) is 4.74 Å². The summed E-state index contributed by atoms with van der Waals surface area (Å²) < 4.78 is 5.36. The molecular formula is C14H20ClN3O2. The molecule has 1 fully saturated rings. The minimum atomic E-state index is -0.461. The largest absolute Gasteiger partial charge is 0.444 e. The predicted octanol–water partition coefficient (Wildman–Crippen LogP) is 3.16. The number of likely N-dealkylation sites (tertiary alicyclic amines) is 1. The van der Waals surface area contributed by atoms with Gasteiger partial charge in [-0.15, -0.1) is 0 Å². The summed E-state index contributed by atoms with van der Waals surface area (Å²) in [4.78, 5) is 17.9. The Balaban J connectivity index is 1.88. The van der Waals surface area contributed by atoms with Gasteiger partial charge in [0.15, 0.2) is 0 Å². The quantitative estimate of drug-likeness (QED) is 0.852. The minimum Gasteiger partial charge on any atom is -0.444 e. The molecule has 1 unspecified atom stereocenters. The third-order valence-electron chi connectivity index (χ3n) is 2.91. The first-order chi connectivity index (χ1) is 9.33. The summed E-state index contributed by atoms with van der Waals surface area (Å²) in [5.74, 6) is 0.730. The lowest BCUT2D eigenvalue weighted by Gasteiger charge is -2.24. The summed E-state index contributed by atoms with van der Waals surface area (Å²) in [6.07, 6.45) is 0.605. The van der Waals surface area contributed by atoms with Crippen molar-refractivity contribution in [2.45, 2.75) is 38.8 Å². The van der Waals surface area contributed by atoms with Gasteiger partial charge in [0.2, 0.25) is 0 Å². The molecule has 0 aliphatic carbocycles. The molecule has 0 aromatic carbocycles. The SMILES string of the molecule is CC(C)(C)OC(=O)N1CCC(Nc2cccc(Cl)n2)C1. The van der Waals surface area contributed by atoms with Gasteiger partial charge in [0, 0.05) is 19.1 Å². The Bertz CT molecular complexity index is 488. The van der Waals surface area contributed by atoms with Gasteiger partial charge in [-0.1, -0.05) is 17.7 Å². The molecule has 1 amide bonds. The second-order valence-corrected chi connectivity index (χ2v) is 6.29. The highest BCUT2D eigenvalue weighted by Gasteiger charge is 2.29. The molecule has 0 spiro atoms. The van der Waals surface area contributed by atoms with E-state index in [2.05, 4.69) is 10.3 Å². The van der Waals surface area contributed by atoms with Gasteiger partial charge in [0.25, 0.3) is 0 Å². The molecule has 6 heteroatoms. The van der Waals surface area contributed by atoms with E-state index in [4.69, 9.17) is 16.3 Å². The number of pyridine rings is 1. The van der Waals surface area contributed by atoms with Gasteiger partial charge in [0.1, 0.15) is 16.6 Å². The van der Waals surface area contributed by atoms with Crippen LogP contribution in [0.3, 0.4) is 0 Å². The van der Waals surface area contributed by atoms with E-state index in [-0.39, 0.29) is 12.1 Å². The second-order valence-electron chi connectivity index (χ2n) is 5.90. The number of rotatable bonds is 2. The van der Waals surface area contributed by atoms with Crippen LogP contribution >= 0.6 is 11.6 Å². The van der Waals surface area contributed by atoms with E-state index in [1.54, 1.807) is 11.0 Å². The average Bonchev–Trinajstić information content (AvgIpc) is 2.75. The normalized spacial score (nSPS) is 19.0. The maximum absolute atomic E-state index is 12.0. The highest BCUT2D eigenvalue weighted by molar-refractivity contribution is 6.29. The van der Waals surface area contributed by atoms with Crippen molar-refractivity contribution in [2.24, 2.45) is 0 Å². The van der Waals surface area contributed by atoms with E-state index < -0.39 is 5.60 Å². The molecule has 1 aromatic heterocycles. The second kappa shape index (κ2) is 5.87. The van der Waals surface area contributed by atoms with Crippen molar-refractivity contribution in [1.82, 2.24) is 9.88 Å². The van der Waals surface area contributed by atoms with Gasteiger partial charge in [-0.2, -0.15) is 0 Å². The Kier molecular flexibility index (Phi) is 4.38. The Labute approximate surface area is 124 Å². The summed E-state index contributed by atoms with van der Waals surface area (Å²) in [6.45, 7) is 6.90. The molecule has 1 N–H and O–H groups in total. The monoisotopic (exact) mass is 297 g/mol. The number of carbonyl (C=O) groups is 1. The lowest BCUT2D eigenvalue weighted by molar-refractivity contribution is 0.0293. The molecule has 1 saturated heterocycles. The van der Waals surface area contributed by atoms with Gasteiger partial charge in [-0.25, -0.2) is 9.78 Å². The smallest absolute Gasteiger partial charge is 0.410 e. The summed E-state index contributed by atoms with van der Waals surface area (Å²) in [7, 11) is 0. The number of nitrogens with zero attached hydrogens (tertiary/aromatic N) is 2. The van der Waals surface area contributed by atoms with Gasteiger partial charge in [-0.05, 0) is 39.3 Å². The molecule has 0 bridgehead atoms. The van der Waals surface area contributed by atoms with E-state index >= 15 is 0 Å². The van der Waals surface area contributed by atoms with Crippen LogP contribution in [0.25, 0.3) is 0 Å². The Morgan fingerprint density at radius 1 is 1.50 bits per heavy atom. The van der Waals surface area contributed by atoms with E-state index in [0.29, 0.717) is 18.2 Å². The fourth-order valence-corrected chi connectivity index (χ4v) is 2.23. The molecule has 1 aliphatic heterocycles. The Morgan fingerprint density at radius 2 is 2.25 bits per heavy atom. The van der Waals surface area contributed by atoms with Crippen LogP contribution in [-0.4, -0.2) is 40.7 Å². The van der Waals surface area contributed by atoms with Crippen molar-refractivity contribution in [1.29, 1.82) is 0 Å². The zero-order valence-electron chi connectivity index (χ0n) is 12.0. The van der Waals surface area contributed by atoms with Crippen molar-refractivity contribution in [3.8, 4) is 0 Å². The number of hydrogen-bond donors (Lipinski definition) is 1. The summed E-state index contributed by atoms with van der Waals surface area (Å²) >= 11 is 5.85. The van der Waals surface area contributed by atoms with Crippen molar-refractivity contribution in [2.75, 3.05) is 18.4 Å². The number of hydrogen-bond acceptors (Lipinski definition) is 4. The molecule has 2 rings (SSSR count). The van der Waals surface area contributed by atoms with E-state index in [9.17, 15) is 4.79 Å². The number of halogens is 1. The number of nitrogens with one attached hydrogen (secondary N) is 1. The van der Waals surface area contributed by atoms with Gasteiger partial charge >= 0.3 is 6.09 Å². The van der Waals surface area contributed by atoms with E-state index in [1.807, 2.05) is 32.9 Å². The number of aromatic nitrogens is 1. The van der Waals surface area contributed by atoms with Crippen LogP contribution in [0.5, 0.6) is 0 Å².